The van der Waals surface area contributed by atoms with E-state index < -0.39 is 6.61 Å². The molecule has 1 aromatic carbocycles. The summed E-state index contributed by atoms with van der Waals surface area (Å²) in [5.74, 6) is -0.258. The number of carbonyl (C=O) groups excluding carboxylic acids is 1. The van der Waals surface area contributed by atoms with E-state index in [-0.39, 0.29) is 30.6 Å². The second-order valence-electron chi connectivity index (χ2n) is 4.32. The molecule has 0 fully saturated rings. The normalized spacial score (nSPS) is 9.65. The van der Waals surface area contributed by atoms with Crippen molar-refractivity contribution in [2.45, 2.75) is 13.2 Å². The average Bonchev–Trinajstić information content (AvgIpc) is 2.49. The molecule has 0 aliphatic heterocycles. The summed E-state index contributed by atoms with van der Waals surface area (Å²) in [5, 5.41) is 11.3. The third kappa shape index (κ3) is 5.88. The molecule has 23 heavy (non-hydrogen) atoms. The number of nitrogens with one attached hydrogen (secondary N) is 1. The lowest BCUT2D eigenvalue weighted by atomic mass is 10.3. The fraction of sp³-hybridized carbons (Fsp3) is 0.133. The van der Waals surface area contributed by atoms with Crippen molar-refractivity contribution in [3.05, 3.63) is 54.4 Å². The third-order valence-electron chi connectivity index (χ3n) is 2.71. The second kappa shape index (κ2) is 8.66. The first-order chi connectivity index (χ1) is 10.6. The number of benzene rings is 1. The smallest absolute Gasteiger partial charge is 0.387 e. The number of nitrogens with zero attached hydrogens (tertiary/aromatic N) is 2. The van der Waals surface area contributed by atoms with Crippen molar-refractivity contribution in [3.8, 4) is 11.8 Å². The fourth-order valence-corrected chi connectivity index (χ4v) is 1.72. The predicted molar refractivity (Wildman–Crippen MR) is 73.1 cm³/mol. The first-order valence-corrected chi connectivity index (χ1v) is 6.31. The quantitative estimate of drug-likeness (QED) is 0.717. The molecule has 0 aliphatic rings. The number of hydrogen-bond acceptors (Lipinski definition) is 3. The van der Waals surface area contributed by atoms with Gasteiger partial charge in [-0.25, -0.2) is 0 Å². The summed E-state index contributed by atoms with van der Waals surface area (Å²) >= 11 is 0. The second-order valence-corrected chi connectivity index (χ2v) is 4.32. The summed E-state index contributed by atoms with van der Waals surface area (Å²) in [6.45, 7) is -2.81. The molecule has 8 heteroatoms. The van der Waals surface area contributed by atoms with Gasteiger partial charge in [0, 0.05) is 17.8 Å². The van der Waals surface area contributed by atoms with Gasteiger partial charge in [-0.1, -0.05) is 0 Å². The number of halogens is 3. The predicted octanol–water partition coefficient (Wildman–Crippen LogP) is -0.910. The Morgan fingerprint density at radius 2 is 1.83 bits per heavy atom. The first-order valence-electron chi connectivity index (χ1n) is 6.31. The topological polar surface area (TPSA) is 66.0 Å². The maximum absolute atomic E-state index is 12.0. The minimum absolute atomic E-state index is 0. The Hall–Kier alpha value is -2.72. The standard InChI is InChI=1S/C15H11F2N3O2.ClH/c16-15(17)22-13-3-1-12(2-4-13)19-14(21)10-20-7-5-11(9-18)6-8-20;/h1-8,15H,10H2;1H. The third-order valence-corrected chi connectivity index (χ3v) is 2.71. The van der Waals surface area contributed by atoms with Crippen LogP contribution in [0.1, 0.15) is 5.56 Å². The van der Waals surface area contributed by atoms with Crippen LogP contribution in [0.15, 0.2) is 48.8 Å². The number of carbonyl (C=O) groups is 1. The Morgan fingerprint density at radius 1 is 1.22 bits per heavy atom. The molecule has 0 atom stereocenters. The van der Waals surface area contributed by atoms with Crippen molar-refractivity contribution in [2.75, 3.05) is 5.32 Å². The maximum atomic E-state index is 12.0. The number of amides is 1. The fourth-order valence-electron chi connectivity index (χ4n) is 1.72. The molecule has 2 rings (SSSR count). The zero-order valence-electron chi connectivity index (χ0n) is 11.7. The van der Waals surface area contributed by atoms with Crippen LogP contribution in [0.2, 0.25) is 0 Å². The minimum Gasteiger partial charge on any atom is -1.00 e. The first kappa shape index (κ1) is 18.3. The van der Waals surface area contributed by atoms with E-state index in [1.165, 1.54) is 24.3 Å². The van der Waals surface area contributed by atoms with E-state index in [0.717, 1.165) is 0 Å². The van der Waals surface area contributed by atoms with E-state index in [2.05, 4.69) is 10.1 Å². The van der Waals surface area contributed by atoms with Crippen LogP contribution in [0.25, 0.3) is 0 Å². The average molecular weight is 340 g/mol. The van der Waals surface area contributed by atoms with E-state index in [4.69, 9.17) is 5.26 Å². The van der Waals surface area contributed by atoms with Gasteiger partial charge in [-0.2, -0.15) is 18.6 Å². The lowest BCUT2D eigenvalue weighted by Gasteiger charge is -2.06. The largest absolute Gasteiger partial charge is 1.00 e. The Labute approximate surface area is 137 Å². The Balaban J connectivity index is 0.00000264. The van der Waals surface area contributed by atoms with Crippen molar-refractivity contribution >= 4 is 11.6 Å². The summed E-state index contributed by atoms with van der Waals surface area (Å²) in [4.78, 5) is 11.9. The maximum Gasteiger partial charge on any atom is 0.387 e. The molecular formula is C15H12ClF2N3O2. The molecule has 0 radical (unpaired) electrons. The Morgan fingerprint density at radius 3 is 2.35 bits per heavy atom. The number of hydrogen-bond donors (Lipinski definition) is 1. The van der Waals surface area contributed by atoms with Crippen LogP contribution in [-0.4, -0.2) is 12.5 Å². The molecule has 2 aromatic rings. The molecule has 0 saturated carbocycles. The summed E-state index contributed by atoms with van der Waals surface area (Å²) in [5.41, 5.74) is 0.979. The Kier molecular flexibility index (Phi) is 6.90. The van der Waals surface area contributed by atoms with Crippen LogP contribution >= 0.6 is 0 Å². The molecule has 0 unspecified atom stereocenters. The van der Waals surface area contributed by atoms with Crippen molar-refractivity contribution in [1.29, 1.82) is 5.26 Å². The molecule has 5 nitrogen and oxygen atoms in total. The van der Waals surface area contributed by atoms with Crippen molar-refractivity contribution in [3.63, 3.8) is 0 Å². The van der Waals surface area contributed by atoms with E-state index >= 15 is 0 Å². The summed E-state index contributed by atoms with van der Waals surface area (Å²) in [6, 6.07) is 10.8. The summed E-state index contributed by atoms with van der Waals surface area (Å²) in [7, 11) is 0. The van der Waals surface area contributed by atoms with Crippen molar-refractivity contribution < 1.29 is 35.3 Å². The van der Waals surface area contributed by atoms with Gasteiger partial charge >= 0.3 is 6.61 Å². The number of alkyl halides is 2. The van der Waals surface area contributed by atoms with Gasteiger partial charge in [0.25, 0.3) is 5.91 Å². The molecule has 1 N–H and O–H groups in total. The van der Waals surface area contributed by atoms with Gasteiger partial charge in [0.1, 0.15) is 5.75 Å². The number of aromatic nitrogens is 1. The van der Waals surface area contributed by atoms with Gasteiger partial charge in [-0.15, -0.1) is 0 Å². The highest BCUT2D eigenvalue weighted by atomic mass is 35.5. The minimum atomic E-state index is -2.88. The van der Waals surface area contributed by atoms with E-state index in [0.29, 0.717) is 11.3 Å². The molecule has 0 aliphatic carbocycles. The molecule has 0 bridgehead atoms. The van der Waals surface area contributed by atoms with Crippen LogP contribution in [0, 0.1) is 11.3 Å². The lowest BCUT2D eigenvalue weighted by Crippen LogP contribution is -3.00. The van der Waals surface area contributed by atoms with Gasteiger partial charge in [-0.05, 0) is 24.3 Å². The van der Waals surface area contributed by atoms with Gasteiger partial charge in [0.2, 0.25) is 6.54 Å². The van der Waals surface area contributed by atoms with Gasteiger partial charge in [0.15, 0.2) is 12.4 Å². The van der Waals surface area contributed by atoms with Gasteiger partial charge < -0.3 is 22.5 Å². The molecule has 120 valence electrons. The lowest BCUT2D eigenvalue weighted by molar-refractivity contribution is -0.684. The number of anilines is 1. The zero-order valence-corrected chi connectivity index (χ0v) is 12.5. The molecular weight excluding hydrogens is 328 g/mol. The van der Waals surface area contributed by atoms with Crippen LogP contribution in [0.4, 0.5) is 14.5 Å². The van der Waals surface area contributed by atoms with Crippen molar-refractivity contribution in [1.82, 2.24) is 0 Å². The molecule has 0 spiro atoms. The highest BCUT2D eigenvalue weighted by molar-refractivity contribution is 5.89. The van der Waals surface area contributed by atoms with Gasteiger partial charge in [-0.3, -0.25) is 4.79 Å². The summed E-state index contributed by atoms with van der Waals surface area (Å²) < 4.78 is 29.9. The van der Waals surface area contributed by atoms with Crippen LogP contribution in [-0.2, 0) is 11.3 Å². The summed E-state index contributed by atoms with van der Waals surface area (Å²) in [6.07, 6.45) is 3.25. The number of nitriles is 1. The highest BCUT2D eigenvalue weighted by Gasteiger charge is 2.10. The number of rotatable bonds is 5. The monoisotopic (exact) mass is 339 g/mol. The molecule has 1 aromatic heterocycles. The molecule has 0 saturated heterocycles. The highest BCUT2D eigenvalue weighted by Crippen LogP contribution is 2.17. The van der Waals surface area contributed by atoms with E-state index in [1.807, 2.05) is 6.07 Å². The number of ether oxygens (including phenoxy) is 1. The molecule has 1 amide bonds. The molecule has 1 heterocycles. The number of pyridine rings is 1. The van der Waals surface area contributed by atoms with Crippen LogP contribution < -0.4 is 27.0 Å². The SMILES string of the molecule is N#Cc1cc[n+](CC(=O)Nc2ccc(OC(F)F)cc2)cc1.[Cl-]. The van der Waals surface area contributed by atoms with Crippen LogP contribution in [0.3, 0.4) is 0 Å². The van der Waals surface area contributed by atoms with Crippen molar-refractivity contribution in [2.24, 2.45) is 0 Å². The Bertz CT molecular complexity index is 685. The van der Waals surface area contributed by atoms with E-state index in [1.54, 1.807) is 29.1 Å². The van der Waals surface area contributed by atoms with Gasteiger partial charge in [0.05, 0.1) is 11.6 Å². The zero-order chi connectivity index (χ0) is 15.9. The van der Waals surface area contributed by atoms with Crippen LogP contribution in [0.5, 0.6) is 5.75 Å². The van der Waals surface area contributed by atoms with E-state index in [9.17, 15) is 13.6 Å².